The van der Waals surface area contributed by atoms with Crippen LogP contribution in [-0.4, -0.2) is 25.5 Å². The van der Waals surface area contributed by atoms with E-state index in [1.54, 1.807) is 31.3 Å². The van der Waals surface area contributed by atoms with Crippen molar-refractivity contribution in [2.45, 2.75) is 40.5 Å². The first kappa shape index (κ1) is 21.5. The Balaban J connectivity index is 1.88. The Kier molecular flexibility index (Phi) is 7.21. The van der Waals surface area contributed by atoms with Crippen molar-refractivity contribution in [1.82, 2.24) is 5.32 Å². The number of benzene rings is 2. The van der Waals surface area contributed by atoms with Gasteiger partial charge in [0.15, 0.2) is 0 Å². The zero-order valence-electron chi connectivity index (χ0n) is 17.4. The van der Waals surface area contributed by atoms with Gasteiger partial charge in [0.2, 0.25) is 5.91 Å². The first-order valence-electron chi connectivity index (χ1n) is 9.56. The van der Waals surface area contributed by atoms with Crippen molar-refractivity contribution < 1.29 is 14.3 Å². The lowest BCUT2D eigenvalue weighted by Crippen LogP contribution is -2.31. The highest BCUT2D eigenvalue weighted by Crippen LogP contribution is 2.26. The molecule has 0 aliphatic heterocycles. The van der Waals surface area contributed by atoms with Crippen LogP contribution >= 0.6 is 0 Å². The highest BCUT2D eigenvalue weighted by atomic mass is 16.5. The molecule has 0 saturated heterocycles. The van der Waals surface area contributed by atoms with E-state index in [1.807, 2.05) is 33.8 Å². The summed E-state index contributed by atoms with van der Waals surface area (Å²) in [5, 5.41) is 5.50. The Morgan fingerprint density at radius 2 is 1.82 bits per heavy atom. The number of hydrogen-bond acceptors (Lipinski definition) is 3. The molecular formula is C23H30N2O3. The molecular weight excluding hydrogens is 352 g/mol. The van der Waals surface area contributed by atoms with Gasteiger partial charge < -0.3 is 15.4 Å². The molecule has 0 aliphatic rings. The third-order valence-corrected chi connectivity index (χ3v) is 4.77. The van der Waals surface area contributed by atoms with E-state index in [4.69, 9.17) is 4.74 Å². The lowest BCUT2D eigenvalue weighted by molar-refractivity contribution is -0.124. The number of nitrogens with one attached hydrogen (secondary N) is 2. The molecule has 2 amide bonds. The largest absolute Gasteiger partial charge is 0.493 e. The molecule has 2 N–H and O–H groups in total. The molecule has 0 unspecified atom stereocenters. The summed E-state index contributed by atoms with van der Waals surface area (Å²) in [6, 6.07) is 13.1. The molecule has 0 spiro atoms. The van der Waals surface area contributed by atoms with Crippen molar-refractivity contribution in [3.63, 3.8) is 0 Å². The van der Waals surface area contributed by atoms with E-state index in [0.717, 1.165) is 17.7 Å². The van der Waals surface area contributed by atoms with Crippen molar-refractivity contribution in [2.75, 3.05) is 19.0 Å². The van der Waals surface area contributed by atoms with Gasteiger partial charge in [0, 0.05) is 23.7 Å². The van der Waals surface area contributed by atoms with E-state index in [9.17, 15) is 9.59 Å². The number of hydrogen-bond donors (Lipinski definition) is 2. The Morgan fingerprint density at radius 3 is 2.54 bits per heavy atom. The molecule has 0 aromatic heterocycles. The third-order valence-electron chi connectivity index (χ3n) is 4.77. The summed E-state index contributed by atoms with van der Waals surface area (Å²) in [6.45, 7) is 8.47. The molecule has 0 bridgehead atoms. The van der Waals surface area contributed by atoms with Gasteiger partial charge in [-0.1, -0.05) is 32.0 Å². The van der Waals surface area contributed by atoms with Crippen LogP contribution in [0.15, 0.2) is 42.5 Å². The third kappa shape index (κ3) is 5.84. The molecule has 0 fully saturated rings. The topological polar surface area (TPSA) is 67.4 Å². The highest BCUT2D eigenvalue weighted by Gasteiger charge is 2.27. The maximum Gasteiger partial charge on any atom is 0.251 e. The lowest BCUT2D eigenvalue weighted by atomic mass is 9.87. The fourth-order valence-corrected chi connectivity index (χ4v) is 2.86. The quantitative estimate of drug-likeness (QED) is 0.661. The Hall–Kier alpha value is -2.82. The van der Waals surface area contributed by atoms with Crippen LogP contribution in [0.1, 0.15) is 48.2 Å². The van der Waals surface area contributed by atoms with E-state index in [0.29, 0.717) is 24.3 Å². The fraction of sp³-hybridized carbons (Fsp3) is 0.391. The van der Waals surface area contributed by atoms with Crippen LogP contribution in [0.25, 0.3) is 0 Å². The number of carbonyl (C=O) groups is 2. The van der Waals surface area contributed by atoms with Gasteiger partial charge in [-0.05, 0) is 62.1 Å². The summed E-state index contributed by atoms with van der Waals surface area (Å²) < 4.78 is 5.89. The maximum atomic E-state index is 12.7. The molecule has 28 heavy (non-hydrogen) atoms. The van der Waals surface area contributed by atoms with E-state index in [-0.39, 0.29) is 11.8 Å². The van der Waals surface area contributed by atoms with E-state index >= 15 is 0 Å². The van der Waals surface area contributed by atoms with Gasteiger partial charge >= 0.3 is 0 Å². The standard InChI is InChI=1S/C23H30N2O3/c1-16-10-11-17(2)20(14-16)28-13-7-12-23(3,4)22(27)25-19-9-6-8-18(15-19)21(26)24-5/h6,8-11,14-15H,7,12-13H2,1-5H3,(H,24,26)(H,25,27). The van der Waals surface area contributed by atoms with Gasteiger partial charge in [-0.15, -0.1) is 0 Å². The highest BCUT2D eigenvalue weighted by molar-refractivity contribution is 5.98. The van der Waals surface area contributed by atoms with Crippen LogP contribution in [-0.2, 0) is 4.79 Å². The molecule has 0 heterocycles. The summed E-state index contributed by atoms with van der Waals surface area (Å²) in [4.78, 5) is 24.4. The van der Waals surface area contributed by atoms with E-state index in [2.05, 4.69) is 22.8 Å². The number of ether oxygens (including phenoxy) is 1. The second-order valence-electron chi connectivity index (χ2n) is 7.72. The molecule has 5 heteroatoms. The molecule has 0 atom stereocenters. The predicted molar refractivity (Wildman–Crippen MR) is 113 cm³/mol. The summed E-state index contributed by atoms with van der Waals surface area (Å²) >= 11 is 0. The molecule has 0 aliphatic carbocycles. The van der Waals surface area contributed by atoms with Gasteiger partial charge in [-0.3, -0.25) is 9.59 Å². The molecule has 2 aromatic carbocycles. The Labute approximate surface area is 167 Å². The Bertz CT molecular complexity index is 843. The predicted octanol–water partition coefficient (Wildman–Crippen LogP) is 4.49. The monoisotopic (exact) mass is 382 g/mol. The van der Waals surface area contributed by atoms with E-state index in [1.165, 1.54) is 5.56 Å². The number of aryl methyl sites for hydroxylation is 2. The number of rotatable bonds is 8. The molecule has 5 nitrogen and oxygen atoms in total. The van der Waals surface area contributed by atoms with Gasteiger partial charge in [-0.25, -0.2) is 0 Å². The summed E-state index contributed by atoms with van der Waals surface area (Å²) in [7, 11) is 1.58. The smallest absolute Gasteiger partial charge is 0.251 e. The summed E-state index contributed by atoms with van der Waals surface area (Å²) in [6.07, 6.45) is 1.46. The first-order chi connectivity index (χ1) is 13.2. The lowest BCUT2D eigenvalue weighted by Gasteiger charge is -2.24. The van der Waals surface area contributed by atoms with E-state index < -0.39 is 5.41 Å². The second-order valence-corrected chi connectivity index (χ2v) is 7.72. The average Bonchev–Trinajstić information content (AvgIpc) is 2.67. The summed E-state index contributed by atoms with van der Waals surface area (Å²) in [5.74, 6) is 0.639. The minimum atomic E-state index is -0.548. The van der Waals surface area contributed by atoms with Gasteiger partial charge in [-0.2, -0.15) is 0 Å². The van der Waals surface area contributed by atoms with Crippen molar-refractivity contribution in [2.24, 2.45) is 5.41 Å². The molecule has 0 radical (unpaired) electrons. The zero-order valence-corrected chi connectivity index (χ0v) is 17.4. The van der Waals surface area contributed by atoms with Crippen LogP contribution in [0.2, 0.25) is 0 Å². The van der Waals surface area contributed by atoms with Gasteiger partial charge in [0.05, 0.1) is 6.61 Å². The number of carbonyl (C=O) groups excluding carboxylic acids is 2. The first-order valence-corrected chi connectivity index (χ1v) is 9.56. The van der Waals surface area contributed by atoms with Crippen LogP contribution in [0, 0.1) is 19.3 Å². The molecule has 2 rings (SSSR count). The minimum Gasteiger partial charge on any atom is -0.493 e. The fourth-order valence-electron chi connectivity index (χ4n) is 2.86. The van der Waals surface area contributed by atoms with Crippen LogP contribution in [0.5, 0.6) is 5.75 Å². The molecule has 0 saturated carbocycles. The molecule has 2 aromatic rings. The SMILES string of the molecule is CNC(=O)c1cccc(NC(=O)C(C)(C)CCCOc2cc(C)ccc2C)c1. The van der Waals surface area contributed by atoms with Crippen LogP contribution < -0.4 is 15.4 Å². The minimum absolute atomic E-state index is 0.0757. The van der Waals surface area contributed by atoms with Crippen molar-refractivity contribution in [3.8, 4) is 5.75 Å². The number of amides is 2. The van der Waals surface area contributed by atoms with Crippen molar-refractivity contribution >= 4 is 17.5 Å². The Morgan fingerprint density at radius 1 is 1.07 bits per heavy atom. The van der Waals surface area contributed by atoms with Crippen molar-refractivity contribution in [3.05, 3.63) is 59.2 Å². The average molecular weight is 383 g/mol. The maximum absolute atomic E-state index is 12.7. The normalized spacial score (nSPS) is 11.0. The van der Waals surface area contributed by atoms with Gasteiger partial charge in [0.25, 0.3) is 5.91 Å². The molecule has 150 valence electrons. The van der Waals surface area contributed by atoms with Crippen LogP contribution in [0.4, 0.5) is 5.69 Å². The van der Waals surface area contributed by atoms with Crippen LogP contribution in [0.3, 0.4) is 0 Å². The summed E-state index contributed by atoms with van der Waals surface area (Å²) in [5.41, 5.74) is 2.86. The van der Waals surface area contributed by atoms with Gasteiger partial charge in [0.1, 0.15) is 5.75 Å². The zero-order chi connectivity index (χ0) is 20.7. The van der Waals surface area contributed by atoms with Crippen molar-refractivity contribution in [1.29, 1.82) is 0 Å². The second kappa shape index (κ2) is 9.40. The number of anilines is 1.